The number of nitrogens with one attached hydrogen (secondary N) is 2. The van der Waals surface area contributed by atoms with Gasteiger partial charge in [-0.25, -0.2) is 0 Å². The number of anilines is 1. The van der Waals surface area contributed by atoms with Gasteiger partial charge in [0.25, 0.3) is 0 Å². The van der Waals surface area contributed by atoms with E-state index in [4.69, 9.17) is 24.7 Å². The largest absolute Gasteiger partial charge is 0.490 e. The van der Waals surface area contributed by atoms with Crippen molar-refractivity contribution in [3.8, 4) is 11.5 Å². The maximum absolute atomic E-state index is 8.66. The van der Waals surface area contributed by atoms with Crippen LogP contribution in [0.3, 0.4) is 0 Å². The van der Waals surface area contributed by atoms with Gasteiger partial charge in [0.15, 0.2) is 28.3 Å². The third-order valence-electron chi connectivity index (χ3n) is 4.18. The minimum Gasteiger partial charge on any atom is -0.490 e. The number of thioether (sulfide) groups is 1. The Labute approximate surface area is 180 Å². The van der Waals surface area contributed by atoms with Crippen molar-refractivity contribution in [2.75, 3.05) is 18.1 Å². The van der Waals surface area contributed by atoms with Crippen LogP contribution in [-0.4, -0.2) is 24.2 Å². The molecule has 0 aliphatic heterocycles. The fraction of sp³-hybridized carbons (Fsp3) is 0.217. The topological polar surface area (TPSA) is 82.5 Å². The van der Waals surface area contributed by atoms with Crippen LogP contribution in [0.15, 0.2) is 71.3 Å². The quantitative estimate of drug-likeness (QED) is 0.355. The van der Waals surface area contributed by atoms with Crippen molar-refractivity contribution >= 4 is 28.5 Å². The Hall–Kier alpha value is -3.19. The van der Waals surface area contributed by atoms with Crippen LogP contribution in [0.1, 0.15) is 25.2 Å². The number of furan rings is 1. The maximum Gasteiger partial charge on any atom is 0.175 e. The Bertz CT molecular complexity index is 975. The third-order valence-corrected chi connectivity index (χ3v) is 5.11. The molecular formula is C23H25N3O3S. The van der Waals surface area contributed by atoms with E-state index in [2.05, 4.69) is 0 Å². The van der Waals surface area contributed by atoms with E-state index in [1.807, 2.05) is 62.4 Å². The number of rotatable bonds is 8. The molecule has 0 fully saturated rings. The molecule has 0 spiro atoms. The molecule has 0 saturated carbocycles. The highest BCUT2D eigenvalue weighted by molar-refractivity contribution is 8.13. The Balaban J connectivity index is 1.78. The fourth-order valence-electron chi connectivity index (χ4n) is 2.85. The lowest BCUT2D eigenvalue weighted by molar-refractivity contribution is 0.287. The molecule has 1 heterocycles. The molecule has 156 valence electrons. The first-order valence-corrected chi connectivity index (χ1v) is 10.7. The van der Waals surface area contributed by atoms with Gasteiger partial charge in [-0.3, -0.25) is 15.7 Å². The molecule has 2 aromatic carbocycles. The predicted octanol–water partition coefficient (Wildman–Crippen LogP) is 5.78. The van der Waals surface area contributed by atoms with E-state index in [1.54, 1.807) is 17.0 Å². The zero-order valence-corrected chi connectivity index (χ0v) is 17.9. The molecule has 0 amide bonds. The summed E-state index contributed by atoms with van der Waals surface area (Å²) < 4.78 is 16.7. The van der Waals surface area contributed by atoms with E-state index in [1.165, 1.54) is 18.0 Å². The number of amidine groups is 2. The fourth-order valence-corrected chi connectivity index (χ4v) is 3.66. The van der Waals surface area contributed by atoms with Crippen molar-refractivity contribution in [2.24, 2.45) is 0 Å². The number of benzene rings is 2. The van der Waals surface area contributed by atoms with Crippen LogP contribution in [0.5, 0.6) is 11.5 Å². The van der Waals surface area contributed by atoms with Gasteiger partial charge in [0.05, 0.1) is 19.5 Å². The molecule has 0 bridgehead atoms. The van der Waals surface area contributed by atoms with Gasteiger partial charge in [0, 0.05) is 11.4 Å². The number of hydrogen-bond donors (Lipinski definition) is 2. The first-order chi connectivity index (χ1) is 14.6. The molecule has 6 nitrogen and oxygen atoms in total. The molecule has 1 aromatic heterocycles. The van der Waals surface area contributed by atoms with E-state index in [0.29, 0.717) is 36.2 Å². The van der Waals surface area contributed by atoms with Crippen LogP contribution >= 0.6 is 11.8 Å². The molecule has 0 aliphatic carbocycles. The second-order valence-corrected chi connectivity index (χ2v) is 7.20. The van der Waals surface area contributed by atoms with E-state index in [-0.39, 0.29) is 11.0 Å². The minimum atomic E-state index is 0.116. The van der Waals surface area contributed by atoms with Crippen molar-refractivity contribution in [2.45, 2.75) is 19.6 Å². The SMILES string of the molecule is CCOc1ccc(CSC(=N)N(C(=N)c2ccco2)c2ccccc2)cc1OCC. The molecule has 0 atom stereocenters. The standard InChI is InChI=1S/C23H25N3O3S/c1-3-27-19-13-12-17(15-21(19)28-4-2)16-30-23(25)26(18-9-6-5-7-10-18)22(24)20-11-8-14-29-20/h5-15,24-25H,3-4,16H2,1-2H3. The summed E-state index contributed by atoms with van der Waals surface area (Å²) >= 11 is 1.33. The van der Waals surface area contributed by atoms with E-state index in [9.17, 15) is 0 Å². The first kappa shape index (κ1) is 21.5. The molecule has 2 N–H and O–H groups in total. The molecule has 0 aliphatic rings. The summed E-state index contributed by atoms with van der Waals surface area (Å²) in [5.74, 6) is 2.50. The monoisotopic (exact) mass is 423 g/mol. The van der Waals surface area contributed by atoms with Crippen LogP contribution in [0.25, 0.3) is 0 Å². The maximum atomic E-state index is 8.66. The Morgan fingerprint density at radius 2 is 1.67 bits per heavy atom. The van der Waals surface area contributed by atoms with Crippen molar-refractivity contribution in [1.29, 1.82) is 10.8 Å². The lowest BCUT2D eigenvalue weighted by Gasteiger charge is -2.24. The Morgan fingerprint density at radius 1 is 0.933 bits per heavy atom. The molecular weight excluding hydrogens is 398 g/mol. The third kappa shape index (κ3) is 5.24. The highest BCUT2D eigenvalue weighted by atomic mass is 32.2. The van der Waals surface area contributed by atoms with Crippen LogP contribution in [0, 0.1) is 10.8 Å². The molecule has 3 rings (SSSR count). The highest BCUT2D eigenvalue weighted by Gasteiger charge is 2.21. The van der Waals surface area contributed by atoms with E-state index in [0.717, 1.165) is 11.3 Å². The molecule has 3 aromatic rings. The summed E-state index contributed by atoms with van der Waals surface area (Å²) in [7, 11) is 0. The van der Waals surface area contributed by atoms with Gasteiger partial charge in [0.2, 0.25) is 0 Å². The lowest BCUT2D eigenvalue weighted by atomic mass is 10.2. The molecule has 0 unspecified atom stereocenters. The summed E-state index contributed by atoms with van der Waals surface area (Å²) in [6.45, 7) is 4.99. The van der Waals surface area contributed by atoms with Crippen LogP contribution in [0.2, 0.25) is 0 Å². The first-order valence-electron chi connectivity index (χ1n) is 9.71. The molecule has 30 heavy (non-hydrogen) atoms. The van der Waals surface area contributed by atoms with Gasteiger partial charge in [-0.15, -0.1) is 0 Å². The summed E-state index contributed by atoms with van der Waals surface area (Å²) in [6, 6.07) is 18.7. The highest BCUT2D eigenvalue weighted by Crippen LogP contribution is 2.31. The Kier molecular flexibility index (Phi) is 7.57. The summed E-state index contributed by atoms with van der Waals surface area (Å²) in [4.78, 5) is 1.57. The zero-order valence-electron chi connectivity index (χ0n) is 17.1. The van der Waals surface area contributed by atoms with Gasteiger partial charge in [-0.05, 0) is 55.8 Å². The minimum absolute atomic E-state index is 0.116. The average Bonchev–Trinajstić information content (AvgIpc) is 3.30. The molecule has 0 radical (unpaired) electrons. The average molecular weight is 424 g/mol. The van der Waals surface area contributed by atoms with Gasteiger partial charge >= 0.3 is 0 Å². The normalized spacial score (nSPS) is 10.5. The van der Waals surface area contributed by atoms with Gasteiger partial charge in [-0.2, -0.15) is 0 Å². The van der Waals surface area contributed by atoms with Crippen molar-refractivity contribution in [3.05, 3.63) is 78.3 Å². The second kappa shape index (κ2) is 10.5. The van der Waals surface area contributed by atoms with Crippen molar-refractivity contribution < 1.29 is 13.9 Å². The summed E-state index contributed by atoms with van der Waals surface area (Å²) in [5, 5.41) is 17.4. The van der Waals surface area contributed by atoms with Gasteiger partial charge < -0.3 is 13.9 Å². The second-order valence-electron chi connectivity index (χ2n) is 6.24. The smallest absolute Gasteiger partial charge is 0.175 e. The number of para-hydroxylation sites is 1. The molecule has 7 heteroatoms. The lowest BCUT2D eigenvalue weighted by Crippen LogP contribution is -2.34. The van der Waals surface area contributed by atoms with Crippen molar-refractivity contribution in [1.82, 2.24) is 0 Å². The van der Waals surface area contributed by atoms with E-state index < -0.39 is 0 Å². The predicted molar refractivity (Wildman–Crippen MR) is 122 cm³/mol. The van der Waals surface area contributed by atoms with Gasteiger partial charge in [-0.1, -0.05) is 36.0 Å². The van der Waals surface area contributed by atoms with Crippen LogP contribution in [0.4, 0.5) is 5.69 Å². The zero-order chi connectivity index (χ0) is 21.3. The van der Waals surface area contributed by atoms with E-state index >= 15 is 0 Å². The van der Waals surface area contributed by atoms with Gasteiger partial charge in [0.1, 0.15) is 0 Å². The Morgan fingerprint density at radius 3 is 2.33 bits per heavy atom. The molecule has 0 saturated heterocycles. The van der Waals surface area contributed by atoms with Crippen LogP contribution < -0.4 is 14.4 Å². The summed E-state index contributed by atoms with van der Waals surface area (Å²) in [6.07, 6.45) is 1.53. The van der Waals surface area contributed by atoms with Crippen LogP contribution in [-0.2, 0) is 5.75 Å². The number of ether oxygens (including phenoxy) is 2. The number of hydrogen-bond acceptors (Lipinski definition) is 6. The summed E-state index contributed by atoms with van der Waals surface area (Å²) in [5.41, 5.74) is 1.74. The number of nitrogens with zero attached hydrogens (tertiary/aromatic N) is 1. The van der Waals surface area contributed by atoms with Crippen molar-refractivity contribution in [3.63, 3.8) is 0 Å².